The first-order chi connectivity index (χ1) is 17.8. The molecule has 192 valence electrons. The fourth-order valence-corrected chi connectivity index (χ4v) is 4.97. The standard InChI is InChI=1S/C31H35N3O3/c1-30(2,3)29-19-26(33-37-29)18-27(35)17-24-7-5-23(6-8-24)9-10-25-11-12-28(20-32-25)36-16-15-34-21-31(22-34)13-4-14-31/h5-8,11-12,19-20H,4,13-18,21-22H2,1-3H3. The van der Waals surface area contributed by atoms with Crippen LogP contribution in [0.25, 0.3) is 0 Å². The van der Waals surface area contributed by atoms with E-state index in [1.807, 2.05) is 42.5 Å². The zero-order valence-electron chi connectivity index (χ0n) is 22.0. The SMILES string of the molecule is CC(C)(C)c1cc(CC(=O)Cc2ccc(C#Cc3ccc(OCCN4CC5(CCC5)C4)cn3)cc2)no1. The number of carbonyl (C=O) groups is 1. The molecule has 3 heterocycles. The van der Waals surface area contributed by atoms with Gasteiger partial charge in [0.25, 0.3) is 0 Å². The van der Waals surface area contributed by atoms with Crippen LogP contribution in [0.15, 0.2) is 53.2 Å². The Hall–Kier alpha value is -3.43. The van der Waals surface area contributed by atoms with E-state index in [-0.39, 0.29) is 17.6 Å². The monoisotopic (exact) mass is 497 g/mol. The molecule has 37 heavy (non-hydrogen) atoms. The number of rotatable bonds is 8. The summed E-state index contributed by atoms with van der Waals surface area (Å²) in [6.45, 7) is 10.3. The molecular formula is C31H35N3O3. The lowest BCUT2D eigenvalue weighted by Crippen LogP contribution is -2.60. The summed E-state index contributed by atoms with van der Waals surface area (Å²) in [5, 5.41) is 4.04. The third-order valence-corrected chi connectivity index (χ3v) is 7.31. The number of pyridine rings is 1. The predicted molar refractivity (Wildman–Crippen MR) is 142 cm³/mol. The van der Waals surface area contributed by atoms with E-state index in [9.17, 15) is 4.79 Å². The van der Waals surface area contributed by atoms with Crippen molar-refractivity contribution in [2.75, 3.05) is 26.2 Å². The molecule has 1 aromatic carbocycles. The van der Waals surface area contributed by atoms with Crippen molar-refractivity contribution < 1.29 is 14.1 Å². The summed E-state index contributed by atoms with van der Waals surface area (Å²) in [5.74, 6) is 7.91. The Morgan fingerprint density at radius 1 is 1.08 bits per heavy atom. The van der Waals surface area contributed by atoms with Gasteiger partial charge in [0, 0.05) is 43.1 Å². The highest BCUT2D eigenvalue weighted by Gasteiger charge is 2.46. The van der Waals surface area contributed by atoms with Crippen LogP contribution in [0.4, 0.5) is 0 Å². The number of benzene rings is 1. The highest BCUT2D eigenvalue weighted by molar-refractivity contribution is 5.82. The number of hydrogen-bond acceptors (Lipinski definition) is 6. The van der Waals surface area contributed by atoms with Gasteiger partial charge in [0.05, 0.1) is 18.3 Å². The van der Waals surface area contributed by atoms with Crippen LogP contribution in [0.2, 0.25) is 0 Å². The lowest BCUT2D eigenvalue weighted by Gasteiger charge is -2.56. The molecule has 1 aliphatic carbocycles. The first kappa shape index (κ1) is 25.2. The maximum atomic E-state index is 12.5. The smallest absolute Gasteiger partial charge is 0.143 e. The number of hydrogen-bond donors (Lipinski definition) is 0. The molecule has 1 aliphatic heterocycles. The molecule has 0 amide bonds. The van der Waals surface area contributed by atoms with Crippen LogP contribution in [-0.2, 0) is 23.1 Å². The van der Waals surface area contributed by atoms with Gasteiger partial charge in [0.15, 0.2) is 0 Å². The maximum absolute atomic E-state index is 12.5. The highest BCUT2D eigenvalue weighted by Crippen LogP contribution is 2.47. The molecule has 5 rings (SSSR count). The minimum Gasteiger partial charge on any atom is -0.491 e. The van der Waals surface area contributed by atoms with Gasteiger partial charge in [-0.25, -0.2) is 4.98 Å². The van der Waals surface area contributed by atoms with E-state index in [0.29, 0.717) is 29.8 Å². The fraction of sp³-hybridized carbons (Fsp3) is 0.452. The first-order valence-electron chi connectivity index (χ1n) is 13.2. The van der Waals surface area contributed by atoms with Gasteiger partial charge in [-0.1, -0.05) is 50.4 Å². The summed E-state index contributed by atoms with van der Waals surface area (Å²) in [6, 6.07) is 13.4. The number of ether oxygens (including phenoxy) is 1. The molecule has 2 fully saturated rings. The van der Waals surface area contributed by atoms with Gasteiger partial charge < -0.3 is 9.26 Å². The summed E-state index contributed by atoms with van der Waals surface area (Å²) in [4.78, 5) is 19.4. The Balaban J connectivity index is 1.06. The van der Waals surface area contributed by atoms with Gasteiger partial charge in [-0.15, -0.1) is 0 Å². The van der Waals surface area contributed by atoms with Crippen molar-refractivity contribution in [2.24, 2.45) is 5.41 Å². The van der Waals surface area contributed by atoms with Crippen molar-refractivity contribution in [1.29, 1.82) is 0 Å². The molecule has 2 aliphatic rings. The van der Waals surface area contributed by atoms with Crippen molar-refractivity contribution >= 4 is 5.78 Å². The molecule has 6 nitrogen and oxygen atoms in total. The van der Waals surface area contributed by atoms with E-state index in [1.54, 1.807) is 6.20 Å². The minimum atomic E-state index is -0.122. The average Bonchev–Trinajstić information content (AvgIpc) is 3.29. The van der Waals surface area contributed by atoms with E-state index in [2.05, 4.69) is 47.7 Å². The van der Waals surface area contributed by atoms with Crippen LogP contribution in [-0.4, -0.2) is 47.1 Å². The van der Waals surface area contributed by atoms with Crippen LogP contribution >= 0.6 is 0 Å². The second-order valence-corrected chi connectivity index (χ2v) is 11.6. The molecule has 0 radical (unpaired) electrons. The largest absolute Gasteiger partial charge is 0.491 e. The lowest BCUT2D eigenvalue weighted by molar-refractivity contribution is -0.117. The van der Waals surface area contributed by atoms with Gasteiger partial charge >= 0.3 is 0 Å². The van der Waals surface area contributed by atoms with Crippen LogP contribution in [0, 0.1) is 17.3 Å². The number of likely N-dealkylation sites (tertiary alicyclic amines) is 1. The third-order valence-electron chi connectivity index (χ3n) is 7.31. The minimum absolute atomic E-state index is 0.103. The predicted octanol–water partition coefficient (Wildman–Crippen LogP) is 4.99. The Morgan fingerprint density at radius 2 is 1.86 bits per heavy atom. The molecule has 0 unspecified atom stereocenters. The van der Waals surface area contributed by atoms with Crippen LogP contribution < -0.4 is 4.74 Å². The van der Waals surface area contributed by atoms with Crippen LogP contribution in [0.1, 0.15) is 68.3 Å². The molecule has 2 aromatic heterocycles. The Bertz CT molecular complexity index is 1280. The van der Waals surface area contributed by atoms with E-state index in [0.717, 1.165) is 29.2 Å². The topological polar surface area (TPSA) is 68.5 Å². The summed E-state index contributed by atoms with van der Waals surface area (Å²) >= 11 is 0. The van der Waals surface area contributed by atoms with Crippen LogP contribution in [0.3, 0.4) is 0 Å². The zero-order chi connectivity index (χ0) is 25.9. The molecule has 0 atom stereocenters. The van der Waals surface area contributed by atoms with Gasteiger partial charge in [-0.2, -0.15) is 0 Å². The summed E-state index contributed by atoms with van der Waals surface area (Å²) in [6.07, 6.45) is 6.58. The van der Waals surface area contributed by atoms with E-state index in [4.69, 9.17) is 9.26 Å². The van der Waals surface area contributed by atoms with E-state index in [1.165, 1.54) is 32.4 Å². The van der Waals surface area contributed by atoms with E-state index >= 15 is 0 Å². The summed E-state index contributed by atoms with van der Waals surface area (Å²) in [7, 11) is 0. The zero-order valence-corrected chi connectivity index (χ0v) is 22.0. The molecule has 6 heteroatoms. The Morgan fingerprint density at radius 3 is 2.49 bits per heavy atom. The van der Waals surface area contributed by atoms with Gasteiger partial charge in [0.2, 0.25) is 0 Å². The summed E-state index contributed by atoms with van der Waals surface area (Å²) < 4.78 is 11.2. The van der Waals surface area contributed by atoms with Crippen molar-refractivity contribution in [3.05, 3.63) is 76.9 Å². The molecule has 1 spiro atoms. The third kappa shape index (κ3) is 6.47. The second kappa shape index (κ2) is 10.5. The number of nitrogens with zero attached hydrogens (tertiary/aromatic N) is 3. The average molecular weight is 498 g/mol. The second-order valence-electron chi connectivity index (χ2n) is 11.6. The lowest BCUT2D eigenvalue weighted by atomic mass is 9.63. The molecule has 1 saturated heterocycles. The highest BCUT2D eigenvalue weighted by atomic mass is 16.5. The normalized spacial score (nSPS) is 16.4. The number of Topliss-reactive ketones (excluding diaryl/α,β-unsaturated/α-hetero) is 1. The van der Waals surface area contributed by atoms with Crippen LogP contribution in [0.5, 0.6) is 5.75 Å². The number of carbonyl (C=O) groups excluding carboxylic acids is 1. The van der Waals surface area contributed by atoms with Crippen molar-refractivity contribution in [3.8, 4) is 17.6 Å². The van der Waals surface area contributed by atoms with Gasteiger partial charge in [-0.05, 0) is 54.0 Å². The van der Waals surface area contributed by atoms with Crippen molar-refractivity contribution in [1.82, 2.24) is 15.0 Å². The number of aromatic nitrogens is 2. The fourth-order valence-electron chi connectivity index (χ4n) is 4.97. The molecular weight excluding hydrogens is 462 g/mol. The number of ketones is 1. The van der Waals surface area contributed by atoms with Crippen molar-refractivity contribution in [2.45, 2.75) is 58.3 Å². The van der Waals surface area contributed by atoms with Crippen molar-refractivity contribution in [3.63, 3.8) is 0 Å². The Kier molecular flexibility index (Phi) is 7.17. The summed E-state index contributed by atoms with van der Waals surface area (Å²) in [5.41, 5.74) is 3.75. The maximum Gasteiger partial charge on any atom is 0.143 e. The van der Waals surface area contributed by atoms with Gasteiger partial charge in [-0.3, -0.25) is 9.69 Å². The molecule has 1 saturated carbocycles. The first-order valence-corrected chi connectivity index (χ1v) is 13.2. The Labute approximate surface area is 219 Å². The molecule has 0 bridgehead atoms. The molecule has 3 aromatic rings. The van der Waals surface area contributed by atoms with E-state index < -0.39 is 0 Å². The quantitative estimate of drug-likeness (QED) is 0.409. The molecule has 0 N–H and O–H groups in total. The van der Waals surface area contributed by atoms with Gasteiger partial charge in [0.1, 0.15) is 29.6 Å².